The molecule has 2 aromatic rings. The minimum Gasteiger partial charge on any atom is -0.479 e. The molecule has 2 aromatic carbocycles. The van der Waals surface area contributed by atoms with Crippen molar-refractivity contribution in [3.63, 3.8) is 0 Å². The molecule has 7 nitrogen and oxygen atoms in total. The van der Waals surface area contributed by atoms with Gasteiger partial charge in [-0.25, -0.2) is 9.59 Å². The normalized spacial score (nSPS) is 23.7. The molecule has 5 rings (SSSR count). The molecule has 33 heavy (non-hydrogen) atoms. The standard InChI is InChI=1S/C26H28N2O5/c1-16(23(29)28-12-6-7-17-13-26(17,28)24(30)31)14-27-25(32)33-15-22-20-10-4-2-8-18(20)19-9-3-5-11-21(19)22/h2-5,8-11,16-17,22H,6-7,12-15H2,1H3,(H,27,32)(H,30,31)/t16?,17-,26+/m1/s1. The molecule has 0 aromatic heterocycles. The summed E-state index contributed by atoms with van der Waals surface area (Å²) in [5.74, 6) is -1.65. The maximum absolute atomic E-state index is 13.0. The Kier molecular flexibility index (Phi) is 5.35. The quantitative estimate of drug-likeness (QED) is 0.704. The highest BCUT2D eigenvalue weighted by Gasteiger charge is 2.66. The monoisotopic (exact) mass is 448 g/mol. The summed E-state index contributed by atoms with van der Waals surface area (Å²) >= 11 is 0. The van der Waals surface area contributed by atoms with Crippen molar-refractivity contribution in [2.24, 2.45) is 11.8 Å². The van der Waals surface area contributed by atoms with Gasteiger partial charge in [-0.05, 0) is 47.4 Å². The first kappa shape index (κ1) is 21.5. The molecule has 2 aliphatic carbocycles. The summed E-state index contributed by atoms with van der Waals surface area (Å²) in [5.41, 5.74) is 3.56. The fourth-order valence-corrected chi connectivity index (χ4v) is 5.61. The van der Waals surface area contributed by atoms with Crippen molar-refractivity contribution in [3.05, 3.63) is 59.7 Å². The number of likely N-dealkylation sites (tertiary alicyclic amines) is 1. The second-order valence-corrected chi connectivity index (χ2v) is 9.37. The molecule has 1 heterocycles. The summed E-state index contributed by atoms with van der Waals surface area (Å²) in [6, 6.07) is 16.3. The van der Waals surface area contributed by atoms with E-state index in [0.29, 0.717) is 13.0 Å². The number of hydrogen-bond donors (Lipinski definition) is 2. The summed E-state index contributed by atoms with van der Waals surface area (Å²) in [6.45, 7) is 2.48. The number of carboxylic acids is 1. The van der Waals surface area contributed by atoms with Gasteiger partial charge < -0.3 is 20.1 Å². The molecule has 2 amide bonds. The number of carbonyl (C=O) groups is 3. The number of piperidine rings is 1. The predicted octanol–water partition coefficient (Wildman–Crippen LogP) is 3.63. The highest BCUT2D eigenvalue weighted by atomic mass is 16.5. The van der Waals surface area contributed by atoms with Gasteiger partial charge in [0.15, 0.2) is 0 Å². The van der Waals surface area contributed by atoms with Crippen molar-refractivity contribution in [1.29, 1.82) is 0 Å². The largest absolute Gasteiger partial charge is 0.479 e. The first-order valence-electron chi connectivity index (χ1n) is 11.6. The van der Waals surface area contributed by atoms with Crippen LogP contribution in [0.25, 0.3) is 11.1 Å². The van der Waals surface area contributed by atoms with Gasteiger partial charge in [0.05, 0.1) is 5.92 Å². The number of ether oxygens (including phenoxy) is 1. The lowest BCUT2D eigenvalue weighted by molar-refractivity contribution is -0.156. The lowest BCUT2D eigenvalue weighted by atomic mass is 9.98. The average molecular weight is 449 g/mol. The Hall–Kier alpha value is -3.35. The molecule has 172 valence electrons. The summed E-state index contributed by atoms with van der Waals surface area (Å²) in [7, 11) is 0. The summed E-state index contributed by atoms with van der Waals surface area (Å²) < 4.78 is 5.53. The molecule has 3 aliphatic rings. The van der Waals surface area contributed by atoms with Gasteiger partial charge in [0.2, 0.25) is 5.91 Å². The van der Waals surface area contributed by atoms with Crippen molar-refractivity contribution in [2.45, 2.75) is 37.6 Å². The molecular weight excluding hydrogens is 420 g/mol. The zero-order valence-electron chi connectivity index (χ0n) is 18.6. The van der Waals surface area contributed by atoms with Crippen LogP contribution in [0.5, 0.6) is 0 Å². The Labute approximate surface area is 192 Å². The van der Waals surface area contributed by atoms with Crippen LogP contribution in [-0.2, 0) is 14.3 Å². The van der Waals surface area contributed by atoms with Gasteiger partial charge in [-0.2, -0.15) is 0 Å². The van der Waals surface area contributed by atoms with E-state index >= 15 is 0 Å². The van der Waals surface area contributed by atoms with Crippen molar-refractivity contribution in [3.8, 4) is 11.1 Å². The molecule has 1 saturated heterocycles. The SMILES string of the molecule is CC(CNC(=O)OCC1c2ccccc2-c2ccccc21)C(=O)N1CCC[C@@H]2C[C@@]21C(=O)O. The molecule has 3 atom stereocenters. The first-order valence-corrected chi connectivity index (χ1v) is 11.6. The minimum absolute atomic E-state index is 0.0298. The Morgan fingerprint density at radius 2 is 1.76 bits per heavy atom. The maximum atomic E-state index is 13.0. The van der Waals surface area contributed by atoms with Crippen molar-refractivity contribution in [2.75, 3.05) is 19.7 Å². The molecule has 1 saturated carbocycles. The van der Waals surface area contributed by atoms with E-state index in [2.05, 4.69) is 29.6 Å². The van der Waals surface area contributed by atoms with Gasteiger partial charge in [0, 0.05) is 19.0 Å². The number of aliphatic carboxylic acids is 1. The Balaban J connectivity index is 1.17. The van der Waals surface area contributed by atoms with E-state index in [1.54, 1.807) is 6.92 Å². The predicted molar refractivity (Wildman–Crippen MR) is 122 cm³/mol. The van der Waals surface area contributed by atoms with Crippen LogP contribution in [0.3, 0.4) is 0 Å². The number of carbonyl (C=O) groups excluding carboxylic acids is 2. The van der Waals surface area contributed by atoms with E-state index in [1.165, 1.54) is 4.90 Å². The fraction of sp³-hybridized carbons (Fsp3) is 0.423. The summed E-state index contributed by atoms with van der Waals surface area (Å²) in [6.07, 6.45) is 1.62. The topological polar surface area (TPSA) is 95.9 Å². The van der Waals surface area contributed by atoms with Crippen LogP contribution in [0.4, 0.5) is 4.79 Å². The Bertz CT molecular complexity index is 1070. The molecule has 1 aliphatic heterocycles. The number of nitrogens with one attached hydrogen (secondary N) is 1. The minimum atomic E-state index is -1.03. The smallest absolute Gasteiger partial charge is 0.407 e. The van der Waals surface area contributed by atoms with Crippen LogP contribution in [0.15, 0.2) is 48.5 Å². The van der Waals surface area contributed by atoms with Crippen molar-refractivity contribution < 1.29 is 24.2 Å². The second kappa shape index (κ2) is 8.21. The van der Waals surface area contributed by atoms with E-state index in [0.717, 1.165) is 35.1 Å². The third-order valence-corrected chi connectivity index (χ3v) is 7.44. The highest BCUT2D eigenvalue weighted by molar-refractivity contribution is 5.91. The van der Waals surface area contributed by atoms with Crippen LogP contribution in [-0.4, -0.2) is 53.2 Å². The molecule has 0 spiro atoms. The van der Waals surface area contributed by atoms with Crippen molar-refractivity contribution in [1.82, 2.24) is 10.2 Å². The lowest BCUT2D eigenvalue weighted by Crippen LogP contribution is -2.54. The van der Waals surface area contributed by atoms with Gasteiger partial charge in [-0.1, -0.05) is 55.5 Å². The van der Waals surface area contributed by atoms with E-state index in [1.807, 2.05) is 24.3 Å². The van der Waals surface area contributed by atoms with Gasteiger partial charge in [-0.3, -0.25) is 4.79 Å². The average Bonchev–Trinajstić information content (AvgIpc) is 3.52. The molecular formula is C26H28N2O5. The zero-order valence-corrected chi connectivity index (χ0v) is 18.6. The Morgan fingerprint density at radius 3 is 2.39 bits per heavy atom. The maximum Gasteiger partial charge on any atom is 0.407 e. The lowest BCUT2D eigenvalue weighted by Gasteiger charge is -2.35. The number of rotatable bonds is 6. The van der Waals surface area contributed by atoms with Gasteiger partial charge >= 0.3 is 12.1 Å². The van der Waals surface area contributed by atoms with E-state index in [-0.39, 0.29) is 30.9 Å². The number of hydrogen-bond acceptors (Lipinski definition) is 4. The molecule has 7 heteroatoms. The van der Waals surface area contributed by atoms with E-state index in [9.17, 15) is 19.5 Å². The van der Waals surface area contributed by atoms with Crippen LogP contribution in [0, 0.1) is 11.8 Å². The number of amides is 2. The van der Waals surface area contributed by atoms with Crippen LogP contribution in [0.2, 0.25) is 0 Å². The number of carboxylic acid groups (broad SMARTS) is 1. The highest BCUT2D eigenvalue weighted by Crippen LogP contribution is 2.54. The van der Waals surface area contributed by atoms with E-state index in [4.69, 9.17) is 4.74 Å². The molecule has 0 bridgehead atoms. The van der Waals surface area contributed by atoms with Gasteiger partial charge in [0.25, 0.3) is 0 Å². The second-order valence-electron chi connectivity index (χ2n) is 9.37. The number of alkyl carbamates (subject to hydrolysis) is 1. The molecule has 0 radical (unpaired) electrons. The Morgan fingerprint density at radius 1 is 1.12 bits per heavy atom. The third-order valence-electron chi connectivity index (χ3n) is 7.44. The number of fused-ring (bicyclic) bond motifs is 4. The van der Waals surface area contributed by atoms with Gasteiger partial charge in [0.1, 0.15) is 12.1 Å². The van der Waals surface area contributed by atoms with Gasteiger partial charge in [-0.15, -0.1) is 0 Å². The van der Waals surface area contributed by atoms with Crippen LogP contribution >= 0.6 is 0 Å². The summed E-state index contributed by atoms with van der Waals surface area (Å²) in [5, 5.41) is 12.4. The van der Waals surface area contributed by atoms with Crippen molar-refractivity contribution >= 4 is 18.0 Å². The van der Waals surface area contributed by atoms with E-state index < -0.39 is 23.5 Å². The molecule has 1 unspecified atom stereocenters. The summed E-state index contributed by atoms with van der Waals surface area (Å²) in [4.78, 5) is 38.7. The third kappa shape index (κ3) is 3.56. The number of nitrogens with zero attached hydrogens (tertiary/aromatic N) is 1. The zero-order chi connectivity index (χ0) is 23.2. The van der Waals surface area contributed by atoms with Crippen LogP contribution < -0.4 is 5.32 Å². The first-order chi connectivity index (χ1) is 15.9. The number of benzene rings is 2. The molecule has 2 fully saturated rings. The molecule has 2 N–H and O–H groups in total. The fourth-order valence-electron chi connectivity index (χ4n) is 5.61. The van der Waals surface area contributed by atoms with Crippen LogP contribution in [0.1, 0.15) is 43.2 Å².